The highest BCUT2D eigenvalue weighted by molar-refractivity contribution is 5.97. The molecule has 0 atom stereocenters. The van der Waals surface area contributed by atoms with E-state index in [1.807, 2.05) is 23.1 Å². The number of nitrogens with one attached hydrogen (secondary N) is 1. The van der Waals surface area contributed by atoms with Crippen molar-refractivity contribution in [1.29, 1.82) is 0 Å². The summed E-state index contributed by atoms with van der Waals surface area (Å²) in [6.45, 7) is 4.14. The van der Waals surface area contributed by atoms with E-state index in [0.717, 1.165) is 43.8 Å². The van der Waals surface area contributed by atoms with Crippen molar-refractivity contribution in [2.24, 2.45) is 0 Å². The van der Waals surface area contributed by atoms with E-state index in [1.54, 1.807) is 0 Å². The summed E-state index contributed by atoms with van der Waals surface area (Å²) in [7, 11) is 0. The van der Waals surface area contributed by atoms with Gasteiger partial charge in [-0.3, -0.25) is 9.69 Å². The molecule has 6 nitrogen and oxygen atoms in total. The van der Waals surface area contributed by atoms with Crippen LogP contribution < -0.4 is 0 Å². The molecule has 0 bridgehead atoms. The topological polar surface area (TPSA) is 65.1 Å². The molecule has 1 fully saturated rings. The molecule has 1 aliphatic heterocycles. The highest BCUT2D eigenvalue weighted by Crippen LogP contribution is 2.21. The van der Waals surface area contributed by atoms with Gasteiger partial charge < -0.3 is 4.90 Å². The molecule has 0 unspecified atom stereocenters. The molecule has 6 heteroatoms. The van der Waals surface area contributed by atoms with Crippen molar-refractivity contribution in [3.63, 3.8) is 0 Å². The van der Waals surface area contributed by atoms with Gasteiger partial charge in [0.1, 0.15) is 11.0 Å². The van der Waals surface area contributed by atoms with Crippen molar-refractivity contribution in [1.82, 2.24) is 25.2 Å². The highest BCUT2D eigenvalue weighted by atomic mass is 16.2. The molecule has 2 heterocycles. The van der Waals surface area contributed by atoms with Crippen LogP contribution in [0.4, 0.5) is 0 Å². The van der Waals surface area contributed by atoms with Crippen LogP contribution in [0.25, 0.3) is 21.8 Å². The average molecular weight is 371 g/mol. The molecule has 1 saturated heterocycles. The van der Waals surface area contributed by atoms with Gasteiger partial charge in [-0.2, -0.15) is 15.4 Å². The second-order valence-corrected chi connectivity index (χ2v) is 7.23. The van der Waals surface area contributed by atoms with Gasteiger partial charge in [-0.05, 0) is 34.5 Å². The van der Waals surface area contributed by atoms with E-state index in [4.69, 9.17) is 0 Å². The van der Waals surface area contributed by atoms with Gasteiger partial charge in [0.25, 0.3) is 5.91 Å². The lowest BCUT2D eigenvalue weighted by Crippen LogP contribution is -2.48. The summed E-state index contributed by atoms with van der Waals surface area (Å²) in [5, 5.41) is 13.3. The zero-order chi connectivity index (χ0) is 18.9. The molecule has 3 aromatic carbocycles. The molecule has 0 spiro atoms. The number of aromatic amines is 1. The van der Waals surface area contributed by atoms with E-state index in [1.165, 1.54) is 16.3 Å². The number of nitrogens with zero attached hydrogens (tertiary/aromatic N) is 4. The quantitative estimate of drug-likeness (QED) is 0.601. The predicted molar refractivity (Wildman–Crippen MR) is 109 cm³/mol. The Labute approximate surface area is 162 Å². The number of carbonyl (C=O) groups is 1. The lowest BCUT2D eigenvalue weighted by Gasteiger charge is -2.35. The third-order valence-corrected chi connectivity index (χ3v) is 5.50. The van der Waals surface area contributed by atoms with E-state index >= 15 is 0 Å². The molecule has 140 valence electrons. The van der Waals surface area contributed by atoms with Gasteiger partial charge in [-0.25, -0.2) is 0 Å². The number of hydrogen-bond donors (Lipinski definition) is 1. The molecule has 1 N–H and O–H groups in total. The first-order chi connectivity index (χ1) is 13.8. The van der Waals surface area contributed by atoms with Crippen LogP contribution in [0.5, 0.6) is 0 Å². The predicted octanol–water partition coefficient (Wildman–Crippen LogP) is 3.07. The maximum absolute atomic E-state index is 12.9. The summed E-state index contributed by atoms with van der Waals surface area (Å²) >= 11 is 0. The molecule has 0 radical (unpaired) electrons. The zero-order valence-corrected chi connectivity index (χ0v) is 15.5. The Morgan fingerprint density at radius 2 is 1.68 bits per heavy atom. The molecule has 4 aromatic rings. The molecular weight excluding hydrogens is 350 g/mol. The summed E-state index contributed by atoms with van der Waals surface area (Å²) in [6.07, 6.45) is 0. The smallest absolute Gasteiger partial charge is 0.254 e. The van der Waals surface area contributed by atoms with Gasteiger partial charge >= 0.3 is 0 Å². The number of rotatable bonds is 3. The second-order valence-electron chi connectivity index (χ2n) is 7.23. The summed E-state index contributed by atoms with van der Waals surface area (Å²) < 4.78 is 0. The number of benzene rings is 3. The number of amides is 1. The SMILES string of the molecule is O=C(c1ccc2n[nH]nc2c1)N1CCN(Cc2cccc3ccccc23)CC1. The second kappa shape index (κ2) is 7.05. The largest absolute Gasteiger partial charge is 0.336 e. The number of hydrogen-bond acceptors (Lipinski definition) is 4. The van der Waals surface area contributed by atoms with E-state index in [-0.39, 0.29) is 5.91 Å². The molecule has 1 aliphatic rings. The molecule has 5 rings (SSSR count). The minimum atomic E-state index is 0.0645. The van der Waals surface area contributed by atoms with Crippen molar-refractivity contribution in [2.75, 3.05) is 26.2 Å². The van der Waals surface area contributed by atoms with Gasteiger partial charge in [0.05, 0.1) is 0 Å². The standard InChI is InChI=1S/C22H21N5O/c28-22(17-8-9-20-21(14-17)24-25-23-20)27-12-10-26(11-13-27)15-18-6-3-5-16-4-1-2-7-19(16)18/h1-9,14H,10-13,15H2,(H,23,24,25). The Hall–Kier alpha value is -3.25. The van der Waals surface area contributed by atoms with Crippen LogP contribution in [0.1, 0.15) is 15.9 Å². The first kappa shape index (κ1) is 16.9. The maximum Gasteiger partial charge on any atom is 0.254 e. The van der Waals surface area contributed by atoms with Crippen LogP contribution in [0.3, 0.4) is 0 Å². The first-order valence-corrected chi connectivity index (χ1v) is 9.57. The fraction of sp³-hybridized carbons (Fsp3) is 0.227. The molecule has 1 aromatic heterocycles. The Balaban J connectivity index is 1.26. The third-order valence-electron chi connectivity index (χ3n) is 5.50. The Bertz CT molecular complexity index is 1140. The average Bonchev–Trinajstić information content (AvgIpc) is 3.22. The lowest BCUT2D eigenvalue weighted by atomic mass is 10.0. The minimum Gasteiger partial charge on any atom is -0.336 e. The highest BCUT2D eigenvalue weighted by Gasteiger charge is 2.23. The molecule has 1 amide bonds. The van der Waals surface area contributed by atoms with Gasteiger partial charge in [0.2, 0.25) is 0 Å². The van der Waals surface area contributed by atoms with Crippen LogP contribution >= 0.6 is 0 Å². The number of H-pyrrole nitrogens is 1. The maximum atomic E-state index is 12.9. The van der Waals surface area contributed by atoms with Crippen molar-refractivity contribution in [2.45, 2.75) is 6.54 Å². The van der Waals surface area contributed by atoms with Crippen LogP contribution in [-0.4, -0.2) is 57.3 Å². The van der Waals surface area contributed by atoms with Gasteiger partial charge in [-0.15, -0.1) is 0 Å². The van der Waals surface area contributed by atoms with Crippen LogP contribution in [0.15, 0.2) is 60.7 Å². The number of piperazine rings is 1. The summed E-state index contributed by atoms with van der Waals surface area (Å²) in [4.78, 5) is 17.2. The summed E-state index contributed by atoms with van der Waals surface area (Å²) in [6, 6.07) is 20.5. The monoisotopic (exact) mass is 371 g/mol. The summed E-state index contributed by atoms with van der Waals surface area (Å²) in [5.41, 5.74) is 3.51. The van der Waals surface area contributed by atoms with E-state index in [9.17, 15) is 4.79 Å². The normalized spacial score (nSPS) is 15.4. The van der Waals surface area contributed by atoms with E-state index < -0.39 is 0 Å². The van der Waals surface area contributed by atoms with Crippen LogP contribution in [0, 0.1) is 0 Å². The molecular formula is C22H21N5O. The summed E-state index contributed by atoms with van der Waals surface area (Å²) in [5.74, 6) is 0.0645. The first-order valence-electron chi connectivity index (χ1n) is 9.57. The number of aromatic nitrogens is 3. The van der Waals surface area contributed by atoms with Gasteiger partial charge in [-0.1, -0.05) is 42.5 Å². The Morgan fingerprint density at radius 1 is 0.893 bits per heavy atom. The Morgan fingerprint density at radius 3 is 2.57 bits per heavy atom. The lowest BCUT2D eigenvalue weighted by molar-refractivity contribution is 0.0629. The Kier molecular flexibility index (Phi) is 4.25. The van der Waals surface area contributed by atoms with Crippen LogP contribution in [-0.2, 0) is 6.54 Å². The third kappa shape index (κ3) is 3.12. The minimum absolute atomic E-state index is 0.0645. The number of fused-ring (bicyclic) bond motifs is 2. The van der Waals surface area contributed by atoms with Crippen molar-refractivity contribution in [3.8, 4) is 0 Å². The molecule has 0 aliphatic carbocycles. The van der Waals surface area contributed by atoms with Crippen molar-refractivity contribution < 1.29 is 4.79 Å². The zero-order valence-electron chi connectivity index (χ0n) is 15.5. The number of carbonyl (C=O) groups excluding carboxylic acids is 1. The van der Waals surface area contributed by atoms with Crippen molar-refractivity contribution in [3.05, 3.63) is 71.8 Å². The van der Waals surface area contributed by atoms with Crippen LogP contribution in [0.2, 0.25) is 0 Å². The van der Waals surface area contributed by atoms with Gasteiger partial charge in [0.15, 0.2) is 0 Å². The molecule has 0 saturated carbocycles. The van der Waals surface area contributed by atoms with E-state index in [0.29, 0.717) is 5.56 Å². The van der Waals surface area contributed by atoms with Gasteiger partial charge in [0, 0.05) is 38.3 Å². The fourth-order valence-corrected chi connectivity index (χ4v) is 3.94. The van der Waals surface area contributed by atoms with Crippen molar-refractivity contribution >= 4 is 27.7 Å². The molecule has 28 heavy (non-hydrogen) atoms. The van der Waals surface area contributed by atoms with E-state index in [2.05, 4.69) is 62.8 Å². The fourth-order valence-electron chi connectivity index (χ4n) is 3.94.